The van der Waals surface area contributed by atoms with Crippen molar-refractivity contribution in [2.75, 3.05) is 13.2 Å². The first-order valence-electron chi connectivity index (χ1n) is 20.9. The van der Waals surface area contributed by atoms with Gasteiger partial charge in [-0.15, -0.1) is 0 Å². The average molecular weight is 785 g/mol. The van der Waals surface area contributed by atoms with Crippen LogP contribution in [0.4, 0.5) is 0 Å². The highest BCUT2D eigenvalue weighted by Gasteiger charge is 2.71. The fourth-order valence-electron chi connectivity index (χ4n) is 13.3. The Bertz CT molecular complexity index is 1370. The molecule has 6 aliphatic rings. The number of rotatable bonds is 10. The number of fused-ring (bicyclic) bond motifs is 5. The summed E-state index contributed by atoms with van der Waals surface area (Å²) in [5.41, 5.74) is -0.405. The Morgan fingerprint density at radius 3 is 1.95 bits per heavy atom. The van der Waals surface area contributed by atoms with Crippen molar-refractivity contribution in [3.63, 3.8) is 0 Å². The lowest BCUT2D eigenvalue weighted by Crippen LogP contribution is -2.68. The third-order valence-corrected chi connectivity index (χ3v) is 16.6. The first-order chi connectivity index (χ1) is 25.6. The normalized spacial score (nSPS) is 52.0. The van der Waals surface area contributed by atoms with Gasteiger partial charge < -0.3 is 64.9 Å². The minimum absolute atomic E-state index is 0.00798. The van der Waals surface area contributed by atoms with E-state index < -0.39 is 97.8 Å². The molecule has 0 aromatic rings. The summed E-state index contributed by atoms with van der Waals surface area (Å²) in [5.74, 6) is 0.445. The maximum Gasteiger partial charge on any atom is 0.187 e. The molecule has 1 unspecified atom stereocenters. The molecule has 0 radical (unpaired) electrons. The Hall–Kier alpha value is -0.780. The van der Waals surface area contributed by atoms with Gasteiger partial charge in [0.25, 0.3) is 0 Å². The van der Waals surface area contributed by atoms with Crippen LogP contribution in [0.15, 0.2) is 11.6 Å². The summed E-state index contributed by atoms with van der Waals surface area (Å²) in [4.78, 5) is 0. The van der Waals surface area contributed by atoms with E-state index in [1.807, 2.05) is 6.92 Å². The fourth-order valence-corrected chi connectivity index (χ4v) is 13.3. The maximum atomic E-state index is 12.2. The molecule has 4 aliphatic carbocycles. The summed E-state index contributed by atoms with van der Waals surface area (Å²) in [6.45, 7) is 16.5. The van der Waals surface area contributed by atoms with Crippen molar-refractivity contribution >= 4 is 0 Å². The molecule has 2 aliphatic heterocycles. The monoisotopic (exact) mass is 784 g/mol. The summed E-state index contributed by atoms with van der Waals surface area (Å²) in [7, 11) is 0. The highest BCUT2D eigenvalue weighted by atomic mass is 16.8. The molecule has 0 bridgehead atoms. The lowest BCUT2D eigenvalue weighted by atomic mass is 9.35. The molecule has 20 atom stereocenters. The van der Waals surface area contributed by atoms with Crippen LogP contribution in [0.1, 0.15) is 113 Å². The lowest BCUT2D eigenvalue weighted by molar-refractivity contribution is -0.378. The van der Waals surface area contributed by atoms with Gasteiger partial charge in [0.15, 0.2) is 12.6 Å². The predicted octanol–water partition coefficient (Wildman–Crippen LogP) is 2.15. The van der Waals surface area contributed by atoms with Gasteiger partial charge in [0.05, 0.1) is 31.0 Å². The molecule has 4 saturated carbocycles. The van der Waals surface area contributed by atoms with Crippen molar-refractivity contribution in [3.8, 4) is 0 Å². The van der Waals surface area contributed by atoms with E-state index in [4.69, 9.17) is 18.9 Å². The van der Waals surface area contributed by atoms with E-state index in [-0.39, 0.29) is 39.9 Å². The van der Waals surface area contributed by atoms with Crippen LogP contribution < -0.4 is 0 Å². The van der Waals surface area contributed by atoms with Crippen molar-refractivity contribution < 1.29 is 64.9 Å². The minimum Gasteiger partial charge on any atom is -0.394 e. The van der Waals surface area contributed by atoms with Gasteiger partial charge in [-0.1, -0.05) is 46.3 Å². The molecule has 0 amide bonds. The first kappa shape index (κ1) is 43.8. The molecule has 6 fully saturated rings. The third kappa shape index (κ3) is 7.20. The number of hydrogen-bond acceptors (Lipinski definition) is 13. The lowest BCUT2D eigenvalue weighted by Gasteiger charge is -2.70. The van der Waals surface area contributed by atoms with Crippen molar-refractivity contribution in [1.82, 2.24) is 0 Å². The van der Waals surface area contributed by atoms with E-state index in [0.717, 1.165) is 38.5 Å². The number of hydrogen-bond donors (Lipinski definition) is 9. The van der Waals surface area contributed by atoms with Crippen LogP contribution in [0, 0.1) is 45.3 Å². The van der Waals surface area contributed by atoms with Crippen LogP contribution in [-0.2, 0) is 18.9 Å². The molecule has 2 saturated heterocycles. The Balaban J connectivity index is 1.23. The van der Waals surface area contributed by atoms with Gasteiger partial charge in [0.1, 0.15) is 48.8 Å². The third-order valence-electron chi connectivity index (χ3n) is 16.6. The van der Waals surface area contributed by atoms with E-state index in [0.29, 0.717) is 19.3 Å². The first-order valence-corrected chi connectivity index (χ1v) is 20.9. The molecular formula is C42H72O13. The standard InChI is InChI=1S/C42H72O13/c1-21(2)10-9-14-42(8,51)22-11-16-41(7)29(22)23(45)18-27-39(5)15-13-28(38(3,4)26(39)12-17-40(27,41)6)54-37-35(33(49)31(47)25(20-44)53-37)55-36-34(50)32(48)30(46)24(19-43)52-36/h10,22-37,43-51H,9,11-20H2,1-8H3/t22?,23-,24-,25-,26+,27-,28+,29+,30-,31-,32+,33+,34-,35-,36+,37+,39+,40-,41-,42+/m1/s1. The van der Waals surface area contributed by atoms with Crippen LogP contribution in [0.3, 0.4) is 0 Å². The summed E-state index contributed by atoms with van der Waals surface area (Å²) in [5, 5.41) is 97.4. The highest BCUT2D eigenvalue weighted by Crippen LogP contribution is 2.76. The topological polar surface area (TPSA) is 219 Å². The SMILES string of the molecule is CC(C)=CCC[C@](C)(O)C1CC[C@]2(C)[C@@H]1[C@H](O)C[C@@H]1[C@@]3(C)CC[C@H](O[C@@H]4O[C@H](CO)[C@@H](O)[C@H](O)[C@H]4O[C@@H]4O[C@H](CO)[C@@H](O)[C@H](O)[C@H]4O)C(C)(C)[C@@H]3CC[C@]12C. The summed E-state index contributed by atoms with van der Waals surface area (Å²) >= 11 is 0. The van der Waals surface area contributed by atoms with Gasteiger partial charge >= 0.3 is 0 Å². The predicted molar refractivity (Wildman–Crippen MR) is 201 cm³/mol. The zero-order chi connectivity index (χ0) is 40.6. The second-order valence-electron chi connectivity index (χ2n) is 20.1. The van der Waals surface area contributed by atoms with Crippen molar-refractivity contribution in [3.05, 3.63) is 11.6 Å². The Morgan fingerprint density at radius 2 is 1.33 bits per heavy atom. The quantitative estimate of drug-likeness (QED) is 0.115. The molecular weight excluding hydrogens is 712 g/mol. The smallest absolute Gasteiger partial charge is 0.187 e. The van der Waals surface area contributed by atoms with E-state index in [2.05, 4.69) is 54.5 Å². The number of aliphatic hydroxyl groups excluding tert-OH is 8. The van der Waals surface area contributed by atoms with Crippen molar-refractivity contribution in [1.29, 1.82) is 0 Å². The summed E-state index contributed by atoms with van der Waals surface area (Å²) in [6, 6.07) is 0. The molecule has 0 spiro atoms. The van der Waals surface area contributed by atoms with Gasteiger partial charge in [-0.25, -0.2) is 0 Å². The molecule has 13 nitrogen and oxygen atoms in total. The van der Waals surface area contributed by atoms with Crippen LogP contribution in [0.25, 0.3) is 0 Å². The number of ether oxygens (including phenoxy) is 4. The van der Waals surface area contributed by atoms with Crippen LogP contribution >= 0.6 is 0 Å². The zero-order valence-electron chi connectivity index (χ0n) is 34.3. The average Bonchev–Trinajstić information content (AvgIpc) is 3.50. The Kier molecular flexibility index (Phi) is 12.5. The largest absolute Gasteiger partial charge is 0.394 e. The molecule has 2 heterocycles. The van der Waals surface area contributed by atoms with Gasteiger partial charge in [-0.05, 0) is 124 Å². The second-order valence-corrected chi connectivity index (χ2v) is 20.1. The van der Waals surface area contributed by atoms with E-state index in [1.54, 1.807) is 0 Å². The Labute approximate surface area is 327 Å². The number of aliphatic hydroxyl groups is 9. The van der Waals surface area contributed by atoms with Crippen LogP contribution in [0.2, 0.25) is 0 Å². The fraction of sp³-hybridized carbons (Fsp3) is 0.952. The van der Waals surface area contributed by atoms with E-state index in [1.165, 1.54) is 5.57 Å². The maximum absolute atomic E-state index is 12.2. The molecule has 6 rings (SSSR count). The van der Waals surface area contributed by atoms with Crippen LogP contribution in [0.5, 0.6) is 0 Å². The minimum atomic E-state index is -1.75. The molecule has 318 valence electrons. The van der Waals surface area contributed by atoms with Gasteiger partial charge in [-0.2, -0.15) is 0 Å². The molecule has 0 aromatic carbocycles. The van der Waals surface area contributed by atoms with Gasteiger partial charge in [-0.3, -0.25) is 0 Å². The van der Waals surface area contributed by atoms with Crippen LogP contribution in [-0.4, -0.2) is 138 Å². The summed E-state index contributed by atoms with van der Waals surface area (Å²) < 4.78 is 24.4. The van der Waals surface area contributed by atoms with Crippen molar-refractivity contribution in [2.24, 2.45) is 45.3 Å². The van der Waals surface area contributed by atoms with E-state index in [9.17, 15) is 46.0 Å². The Morgan fingerprint density at radius 1 is 0.727 bits per heavy atom. The molecule has 13 heteroatoms. The molecule has 0 aromatic heterocycles. The van der Waals surface area contributed by atoms with Crippen molar-refractivity contribution in [2.45, 2.75) is 192 Å². The van der Waals surface area contributed by atoms with E-state index >= 15 is 0 Å². The molecule has 55 heavy (non-hydrogen) atoms. The zero-order valence-corrected chi connectivity index (χ0v) is 34.3. The molecule has 9 N–H and O–H groups in total. The number of allylic oxidation sites excluding steroid dienone is 2. The second kappa shape index (κ2) is 15.7. The van der Waals surface area contributed by atoms with Gasteiger partial charge in [0.2, 0.25) is 0 Å². The summed E-state index contributed by atoms with van der Waals surface area (Å²) in [6.07, 6.45) is -6.48. The van der Waals surface area contributed by atoms with Gasteiger partial charge in [0, 0.05) is 0 Å². The highest BCUT2D eigenvalue weighted by molar-refractivity contribution is 5.20.